The van der Waals surface area contributed by atoms with Crippen molar-refractivity contribution in [1.29, 1.82) is 0 Å². The maximum Gasteiger partial charge on any atom is 0.295 e. The van der Waals surface area contributed by atoms with Crippen molar-refractivity contribution >= 4 is 29.1 Å². The van der Waals surface area contributed by atoms with Gasteiger partial charge in [0.2, 0.25) is 0 Å². The summed E-state index contributed by atoms with van der Waals surface area (Å²) in [4.78, 5) is 31.8. The van der Waals surface area contributed by atoms with E-state index in [0.29, 0.717) is 42.5 Å². The Morgan fingerprint density at radius 2 is 1.91 bits per heavy atom. The average molecular weight is 480 g/mol. The maximum absolute atomic E-state index is 13.1. The van der Waals surface area contributed by atoms with Crippen LogP contribution in [0, 0.1) is 6.92 Å². The second-order valence-corrected chi connectivity index (χ2v) is 8.54. The van der Waals surface area contributed by atoms with Crippen LogP contribution in [0.2, 0.25) is 5.02 Å². The Kier molecular flexibility index (Phi) is 7.03. The molecular formula is C26H26ClN3O4. The highest BCUT2D eigenvalue weighted by Crippen LogP contribution is 2.40. The number of aromatic nitrogens is 2. The molecule has 8 heteroatoms. The molecule has 0 saturated carbocycles. The first-order valence-corrected chi connectivity index (χ1v) is 11.5. The van der Waals surface area contributed by atoms with Gasteiger partial charge in [-0.3, -0.25) is 9.59 Å². The van der Waals surface area contributed by atoms with Gasteiger partial charge in [-0.2, -0.15) is 0 Å². The summed E-state index contributed by atoms with van der Waals surface area (Å²) >= 11 is 6.31. The molecule has 2 aromatic carbocycles. The molecule has 2 heterocycles. The third-order valence-corrected chi connectivity index (χ3v) is 6.11. The van der Waals surface area contributed by atoms with E-state index in [-0.39, 0.29) is 11.3 Å². The lowest BCUT2D eigenvalue weighted by atomic mass is 9.94. The molecule has 1 atom stereocenters. The highest BCUT2D eigenvalue weighted by atomic mass is 35.5. The van der Waals surface area contributed by atoms with Crippen LogP contribution < -0.4 is 4.74 Å². The highest BCUT2D eigenvalue weighted by Gasteiger charge is 2.45. The third-order valence-electron chi connectivity index (χ3n) is 5.81. The molecule has 3 aromatic rings. The van der Waals surface area contributed by atoms with Crippen LogP contribution in [-0.4, -0.2) is 44.4 Å². The second-order valence-electron chi connectivity index (χ2n) is 8.14. The molecule has 1 fully saturated rings. The van der Waals surface area contributed by atoms with Gasteiger partial charge >= 0.3 is 0 Å². The Balaban J connectivity index is 1.73. The number of carbonyl (C=O) groups excluding carboxylic acids is 2. The average Bonchev–Trinajstić information content (AvgIpc) is 3.43. The normalized spacial score (nSPS) is 17.4. The molecule has 1 N–H and O–H groups in total. The number of aliphatic hydroxyl groups excluding tert-OH is 1. The molecule has 34 heavy (non-hydrogen) atoms. The summed E-state index contributed by atoms with van der Waals surface area (Å²) in [5, 5.41) is 11.5. The van der Waals surface area contributed by atoms with Crippen molar-refractivity contribution in [2.45, 2.75) is 32.9 Å². The van der Waals surface area contributed by atoms with Gasteiger partial charge in [0.1, 0.15) is 11.5 Å². The predicted octanol–water partition coefficient (Wildman–Crippen LogP) is 4.76. The third kappa shape index (κ3) is 4.70. The number of carbonyl (C=O) groups is 2. The quantitative estimate of drug-likeness (QED) is 0.286. The zero-order valence-corrected chi connectivity index (χ0v) is 19.8. The van der Waals surface area contributed by atoms with Gasteiger partial charge in [0.05, 0.1) is 29.6 Å². The number of hydrogen-bond acceptors (Lipinski definition) is 5. The van der Waals surface area contributed by atoms with Crippen molar-refractivity contribution < 1.29 is 19.4 Å². The number of rotatable bonds is 8. The van der Waals surface area contributed by atoms with Crippen LogP contribution in [0.25, 0.3) is 5.76 Å². The first-order chi connectivity index (χ1) is 16.4. The van der Waals surface area contributed by atoms with Gasteiger partial charge in [0, 0.05) is 31.0 Å². The fourth-order valence-corrected chi connectivity index (χ4v) is 4.36. The van der Waals surface area contributed by atoms with Gasteiger partial charge in [-0.05, 0) is 44.0 Å². The lowest BCUT2D eigenvalue weighted by Gasteiger charge is -2.25. The van der Waals surface area contributed by atoms with Gasteiger partial charge in [0.25, 0.3) is 11.7 Å². The molecule has 0 aliphatic carbocycles. The number of aryl methyl sites for hydroxylation is 2. The summed E-state index contributed by atoms with van der Waals surface area (Å²) in [5.41, 5.74) is 2.21. The van der Waals surface area contributed by atoms with Gasteiger partial charge in [0.15, 0.2) is 0 Å². The first kappa shape index (κ1) is 23.6. The van der Waals surface area contributed by atoms with Crippen LogP contribution in [0.15, 0.2) is 66.8 Å². The Labute approximate surface area is 203 Å². The second kappa shape index (κ2) is 10.1. The van der Waals surface area contributed by atoms with E-state index >= 15 is 0 Å². The monoisotopic (exact) mass is 479 g/mol. The molecule has 0 spiro atoms. The van der Waals surface area contributed by atoms with Crippen LogP contribution in [0.1, 0.15) is 36.1 Å². The standard InChI is InChI=1S/C26H26ClN3O4/c1-3-34-21-10-9-19(15-20(21)27)24(31)22-23(18-7-5-17(2)6-8-18)30(26(33)25(22)32)13-4-12-29-14-11-28-16-29/h5-11,14-16,23,31H,3-4,12-13H2,1-2H3/b24-22+/t23-/m1/s1. The van der Waals surface area contributed by atoms with Crippen LogP contribution in [-0.2, 0) is 16.1 Å². The smallest absolute Gasteiger partial charge is 0.295 e. The number of halogens is 1. The number of hydrogen-bond donors (Lipinski definition) is 1. The SMILES string of the molecule is CCOc1ccc(/C(O)=C2\C(=O)C(=O)N(CCCn3ccnc3)[C@@H]2c2ccc(C)cc2)cc1Cl. The van der Waals surface area contributed by atoms with E-state index < -0.39 is 17.7 Å². The first-order valence-electron chi connectivity index (χ1n) is 11.1. The summed E-state index contributed by atoms with van der Waals surface area (Å²) in [6.45, 7) is 5.26. The molecule has 1 saturated heterocycles. The Morgan fingerprint density at radius 1 is 1.15 bits per heavy atom. The van der Waals surface area contributed by atoms with Crippen molar-refractivity contribution in [3.05, 3.63) is 88.5 Å². The Bertz CT molecular complexity index is 1220. The minimum Gasteiger partial charge on any atom is -0.507 e. The lowest BCUT2D eigenvalue weighted by Crippen LogP contribution is -2.31. The van der Waals surface area contributed by atoms with Crippen molar-refractivity contribution in [1.82, 2.24) is 14.5 Å². The number of ether oxygens (including phenoxy) is 1. The van der Waals surface area contributed by atoms with Gasteiger partial charge in [-0.1, -0.05) is 41.4 Å². The number of nitrogens with zero attached hydrogens (tertiary/aromatic N) is 3. The van der Waals surface area contributed by atoms with Crippen LogP contribution >= 0.6 is 11.6 Å². The number of benzene rings is 2. The number of imidazole rings is 1. The molecule has 1 amide bonds. The van der Waals surface area contributed by atoms with Gasteiger partial charge in [-0.25, -0.2) is 4.98 Å². The molecular weight excluding hydrogens is 454 g/mol. The highest BCUT2D eigenvalue weighted by molar-refractivity contribution is 6.46. The van der Waals surface area contributed by atoms with Crippen molar-refractivity contribution in [2.24, 2.45) is 0 Å². The predicted molar refractivity (Wildman–Crippen MR) is 130 cm³/mol. The maximum atomic E-state index is 13.1. The molecule has 4 rings (SSSR count). The number of aliphatic hydroxyl groups is 1. The summed E-state index contributed by atoms with van der Waals surface area (Å²) in [7, 11) is 0. The molecule has 0 radical (unpaired) electrons. The van der Waals surface area contributed by atoms with Crippen molar-refractivity contribution in [2.75, 3.05) is 13.2 Å². The zero-order valence-electron chi connectivity index (χ0n) is 19.1. The van der Waals surface area contributed by atoms with Crippen LogP contribution in [0.4, 0.5) is 0 Å². The van der Waals surface area contributed by atoms with E-state index in [0.717, 1.165) is 11.1 Å². The molecule has 176 valence electrons. The number of likely N-dealkylation sites (tertiary alicyclic amines) is 1. The topological polar surface area (TPSA) is 84.7 Å². The molecule has 7 nitrogen and oxygen atoms in total. The van der Waals surface area contributed by atoms with E-state index in [1.165, 1.54) is 4.90 Å². The van der Waals surface area contributed by atoms with E-state index in [1.54, 1.807) is 30.7 Å². The van der Waals surface area contributed by atoms with E-state index in [9.17, 15) is 14.7 Å². The Hall–Kier alpha value is -3.58. The summed E-state index contributed by atoms with van der Waals surface area (Å²) < 4.78 is 7.38. The van der Waals surface area contributed by atoms with E-state index in [1.807, 2.05) is 48.9 Å². The number of amides is 1. The van der Waals surface area contributed by atoms with Crippen LogP contribution in [0.5, 0.6) is 5.75 Å². The fourth-order valence-electron chi connectivity index (χ4n) is 4.12. The van der Waals surface area contributed by atoms with Crippen molar-refractivity contribution in [3.8, 4) is 5.75 Å². The Morgan fingerprint density at radius 3 is 2.56 bits per heavy atom. The molecule has 1 aliphatic heterocycles. The zero-order chi connectivity index (χ0) is 24.2. The minimum atomic E-state index is -0.712. The van der Waals surface area contributed by atoms with Crippen LogP contribution in [0.3, 0.4) is 0 Å². The van der Waals surface area contributed by atoms with Crippen molar-refractivity contribution in [3.63, 3.8) is 0 Å². The summed E-state index contributed by atoms with van der Waals surface area (Å²) in [5.74, 6) is -1.12. The molecule has 1 aliphatic rings. The summed E-state index contributed by atoms with van der Waals surface area (Å²) in [6, 6.07) is 11.7. The molecule has 0 bridgehead atoms. The summed E-state index contributed by atoms with van der Waals surface area (Å²) in [6.07, 6.45) is 5.88. The lowest BCUT2D eigenvalue weighted by molar-refractivity contribution is -0.139. The number of Topliss-reactive ketones (excluding diaryl/α,β-unsaturated/α-hetero) is 1. The van der Waals surface area contributed by atoms with E-state index in [4.69, 9.17) is 16.3 Å². The number of ketones is 1. The largest absolute Gasteiger partial charge is 0.507 e. The minimum absolute atomic E-state index is 0.0525. The van der Waals surface area contributed by atoms with E-state index in [2.05, 4.69) is 4.98 Å². The molecule has 1 aromatic heterocycles. The molecule has 0 unspecified atom stereocenters. The van der Waals surface area contributed by atoms with Gasteiger partial charge in [-0.15, -0.1) is 0 Å². The fraction of sp³-hybridized carbons (Fsp3) is 0.269. The van der Waals surface area contributed by atoms with Gasteiger partial charge < -0.3 is 19.3 Å².